The molecule has 0 unspecified atom stereocenters. The van der Waals surface area contributed by atoms with Crippen LogP contribution in [0.5, 0.6) is 0 Å². The van der Waals surface area contributed by atoms with E-state index in [1.807, 2.05) is 18.2 Å². The number of hydrogen-bond acceptors (Lipinski definition) is 3. The first-order chi connectivity index (χ1) is 10.9. The van der Waals surface area contributed by atoms with Crippen molar-refractivity contribution in [1.82, 2.24) is 0 Å². The number of aliphatic carboxylic acids is 1. The molecule has 0 aromatic heterocycles. The molecule has 0 aliphatic heterocycles. The van der Waals surface area contributed by atoms with Gasteiger partial charge in [0.05, 0.1) is 5.69 Å². The number of ketones is 1. The van der Waals surface area contributed by atoms with Gasteiger partial charge in [-0.15, -0.1) is 0 Å². The molecule has 0 bridgehead atoms. The summed E-state index contributed by atoms with van der Waals surface area (Å²) in [4.78, 5) is 25.5. The third-order valence-corrected chi connectivity index (χ3v) is 2.70. The standard InChI is InChI=1S/C14H13N3O.C3H6O2/c15-14(16)17-12-8-4-7-11(9-12)13(18)10-5-2-1-3-6-10;1-2-3(4)5/h1-9H,(H4,15,16,17);2H2,1H3,(H,4,5). The van der Waals surface area contributed by atoms with E-state index in [0.29, 0.717) is 16.8 Å². The average molecular weight is 313 g/mol. The second-order valence-electron chi connectivity index (χ2n) is 4.53. The monoisotopic (exact) mass is 313 g/mol. The van der Waals surface area contributed by atoms with E-state index in [2.05, 4.69) is 4.99 Å². The molecule has 5 N–H and O–H groups in total. The Morgan fingerprint density at radius 2 is 1.57 bits per heavy atom. The number of guanidine groups is 1. The lowest BCUT2D eigenvalue weighted by molar-refractivity contribution is -0.136. The van der Waals surface area contributed by atoms with Crippen molar-refractivity contribution in [1.29, 1.82) is 0 Å². The van der Waals surface area contributed by atoms with Crippen molar-refractivity contribution in [3.8, 4) is 0 Å². The zero-order valence-electron chi connectivity index (χ0n) is 12.8. The maximum Gasteiger partial charge on any atom is 0.303 e. The molecule has 0 amide bonds. The predicted molar refractivity (Wildman–Crippen MR) is 89.7 cm³/mol. The highest BCUT2D eigenvalue weighted by molar-refractivity contribution is 6.09. The van der Waals surface area contributed by atoms with Crippen molar-refractivity contribution in [2.75, 3.05) is 0 Å². The molecule has 0 atom stereocenters. The second kappa shape index (κ2) is 8.99. The third-order valence-electron chi connectivity index (χ3n) is 2.70. The number of carboxylic acids is 1. The normalized spacial score (nSPS) is 9.26. The number of nitrogens with zero attached hydrogens (tertiary/aromatic N) is 1. The van der Waals surface area contributed by atoms with Crippen LogP contribution in [0.25, 0.3) is 0 Å². The molecule has 0 fully saturated rings. The molecule has 0 aliphatic carbocycles. The van der Waals surface area contributed by atoms with Crippen LogP contribution in [-0.2, 0) is 4.79 Å². The van der Waals surface area contributed by atoms with Crippen molar-refractivity contribution in [3.63, 3.8) is 0 Å². The number of nitrogens with two attached hydrogens (primary N) is 2. The highest BCUT2D eigenvalue weighted by Gasteiger charge is 2.08. The molecular formula is C17H19N3O3. The summed E-state index contributed by atoms with van der Waals surface area (Å²) in [6.45, 7) is 1.60. The fraction of sp³-hybridized carbons (Fsp3) is 0.118. The lowest BCUT2D eigenvalue weighted by Gasteiger charge is -2.02. The Kier molecular flexibility index (Phi) is 7.00. The topological polar surface area (TPSA) is 119 Å². The van der Waals surface area contributed by atoms with E-state index in [1.165, 1.54) is 0 Å². The Bertz CT molecular complexity index is 693. The second-order valence-corrected chi connectivity index (χ2v) is 4.53. The van der Waals surface area contributed by atoms with Gasteiger partial charge in [-0.3, -0.25) is 9.59 Å². The van der Waals surface area contributed by atoms with E-state index in [1.54, 1.807) is 43.3 Å². The van der Waals surface area contributed by atoms with Crippen LogP contribution < -0.4 is 11.5 Å². The summed E-state index contributed by atoms with van der Waals surface area (Å²) in [6.07, 6.45) is 0.222. The molecule has 0 saturated carbocycles. The summed E-state index contributed by atoms with van der Waals surface area (Å²) in [7, 11) is 0. The quantitative estimate of drug-likeness (QED) is 0.454. The van der Waals surface area contributed by atoms with Crippen LogP contribution in [0.3, 0.4) is 0 Å². The fourth-order valence-corrected chi connectivity index (χ4v) is 1.62. The molecule has 2 rings (SSSR count). The van der Waals surface area contributed by atoms with E-state index < -0.39 is 5.97 Å². The number of rotatable bonds is 4. The maximum atomic E-state index is 12.2. The predicted octanol–water partition coefficient (Wildman–Crippen LogP) is 2.30. The van der Waals surface area contributed by atoms with E-state index in [4.69, 9.17) is 16.6 Å². The van der Waals surface area contributed by atoms with Gasteiger partial charge in [-0.2, -0.15) is 0 Å². The largest absolute Gasteiger partial charge is 0.481 e. The zero-order valence-corrected chi connectivity index (χ0v) is 12.8. The summed E-state index contributed by atoms with van der Waals surface area (Å²) in [5, 5.41) is 7.72. The van der Waals surface area contributed by atoms with Crippen LogP contribution in [0.4, 0.5) is 5.69 Å². The highest BCUT2D eigenvalue weighted by atomic mass is 16.4. The Labute approximate surface area is 134 Å². The minimum absolute atomic E-state index is 0.0284. The molecule has 0 heterocycles. The fourth-order valence-electron chi connectivity index (χ4n) is 1.62. The first-order valence-electron chi connectivity index (χ1n) is 6.95. The lowest BCUT2D eigenvalue weighted by Crippen LogP contribution is -2.21. The van der Waals surface area contributed by atoms with E-state index in [0.717, 1.165) is 0 Å². The Hall–Kier alpha value is -3.15. The summed E-state index contributed by atoms with van der Waals surface area (Å²) >= 11 is 0. The van der Waals surface area contributed by atoms with Gasteiger partial charge in [0.2, 0.25) is 0 Å². The molecule has 0 radical (unpaired) electrons. The lowest BCUT2D eigenvalue weighted by atomic mass is 10.0. The zero-order chi connectivity index (χ0) is 17.2. The van der Waals surface area contributed by atoms with Gasteiger partial charge in [-0.05, 0) is 12.1 Å². The van der Waals surface area contributed by atoms with Gasteiger partial charge in [0, 0.05) is 17.5 Å². The molecule has 23 heavy (non-hydrogen) atoms. The maximum absolute atomic E-state index is 12.2. The summed E-state index contributed by atoms with van der Waals surface area (Å²) in [5.74, 6) is -0.826. The summed E-state index contributed by atoms with van der Waals surface area (Å²) < 4.78 is 0. The smallest absolute Gasteiger partial charge is 0.303 e. The molecule has 6 nitrogen and oxygen atoms in total. The minimum Gasteiger partial charge on any atom is -0.481 e. The van der Waals surface area contributed by atoms with Crippen LogP contribution in [0.2, 0.25) is 0 Å². The van der Waals surface area contributed by atoms with E-state index >= 15 is 0 Å². The van der Waals surface area contributed by atoms with Gasteiger partial charge < -0.3 is 16.6 Å². The minimum atomic E-state index is -0.745. The summed E-state index contributed by atoms with van der Waals surface area (Å²) in [6, 6.07) is 16.0. The Morgan fingerprint density at radius 1 is 1.00 bits per heavy atom. The Balaban J connectivity index is 0.000000463. The molecule has 0 spiro atoms. The Morgan fingerprint density at radius 3 is 2.09 bits per heavy atom. The number of benzene rings is 2. The average Bonchev–Trinajstić information content (AvgIpc) is 2.55. The number of aliphatic imine (C=N–C) groups is 1. The SMILES string of the molecule is CCC(=O)O.NC(N)=Nc1cccc(C(=O)c2ccccc2)c1. The van der Waals surface area contributed by atoms with Gasteiger partial charge in [0.1, 0.15) is 0 Å². The molecule has 0 aliphatic rings. The molecular weight excluding hydrogens is 294 g/mol. The highest BCUT2D eigenvalue weighted by Crippen LogP contribution is 2.16. The first kappa shape index (κ1) is 17.9. The van der Waals surface area contributed by atoms with Crippen molar-refractivity contribution < 1.29 is 14.7 Å². The van der Waals surface area contributed by atoms with Crippen molar-refractivity contribution in [2.45, 2.75) is 13.3 Å². The number of carbonyl (C=O) groups excluding carboxylic acids is 1. The molecule has 2 aromatic rings. The van der Waals surface area contributed by atoms with Crippen LogP contribution in [-0.4, -0.2) is 22.8 Å². The first-order valence-corrected chi connectivity index (χ1v) is 6.95. The molecule has 6 heteroatoms. The van der Waals surface area contributed by atoms with E-state index in [-0.39, 0.29) is 18.2 Å². The number of carbonyl (C=O) groups is 2. The number of carboxylic acid groups (broad SMARTS) is 1. The van der Waals surface area contributed by atoms with Crippen molar-refractivity contribution >= 4 is 23.4 Å². The molecule has 0 saturated heterocycles. The van der Waals surface area contributed by atoms with Crippen LogP contribution in [0, 0.1) is 0 Å². The molecule has 2 aromatic carbocycles. The van der Waals surface area contributed by atoms with Crippen molar-refractivity contribution in [3.05, 3.63) is 65.7 Å². The van der Waals surface area contributed by atoms with Gasteiger partial charge >= 0.3 is 5.97 Å². The van der Waals surface area contributed by atoms with Crippen molar-refractivity contribution in [2.24, 2.45) is 16.5 Å². The number of hydrogen-bond donors (Lipinski definition) is 3. The van der Waals surface area contributed by atoms with Gasteiger partial charge in [-0.1, -0.05) is 49.4 Å². The van der Waals surface area contributed by atoms with Crippen LogP contribution in [0.1, 0.15) is 29.3 Å². The van der Waals surface area contributed by atoms with Crippen LogP contribution in [0.15, 0.2) is 59.6 Å². The van der Waals surface area contributed by atoms with Gasteiger partial charge in [-0.25, -0.2) is 4.99 Å². The summed E-state index contributed by atoms with van der Waals surface area (Å²) in [5.41, 5.74) is 12.4. The van der Waals surface area contributed by atoms with E-state index in [9.17, 15) is 9.59 Å². The molecule has 120 valence electrons. The van der Waals surface area contributed by atoms with Crippen LogP contribution >= 0.6 is 0 Å². The van der Waals surface area contributed by atoms with Gasteiger partial charge in [0.25, 0.3) is 0 Å². The van der Waals surface area contributed by atoms with Gasteiger partial charge in [0.15, 0.2) is 11.7 Å². The third kappa shape index (κ3) is 6.43.